The minimum absolute atomic E-state index is 0.689. The summed E-state index contributed by atoms with van der Waals surface area (Å²) in [6.45, 7) is 0. The number of benzene rings is 1. The molecule has 0 saturated heterocycles. The first-order chi connectivity index (χ1) is 8.26. The van der Waals surface area contributed by atoms with Gasteiger partial charge >= 0.3 is 0 Å². The maximum atomic E-state index is 5.24. The Kier molecular flexibility index (Phi) is 3.03. The van der Waals surface area contributed by atoms with Crippen molar-refractivity contribution < 1.29 is 4.74 Å². The monoisotopic (exact) mass is 295 g/mol. The molecule has 1 aromatic rings. The molecule has 3 rings (SSSR count). The highest BCUT2D eigenvalue weighted by molar-refractivity contribution is 9.10. The summed E-state index contributed by atoms with van der Waals surface area (Å²) < 4.78 is 6.27. The van der Waals surface area contributed by atoms with Crippen LogP contribution in [-0.4, -0.2) is 13.2 Å². The van der Waals surface area contributed by atoms with E-state index >= 15 is 0 Å². The molecular weight excluding hydrogens is 278 g/mol. The Morgan fingerprint density at radius 1 is 1.29 bits per heavy atom. The number of rotatable bonds is 3. The first-order valence-corrected chi connectivity index (χ1v) is 7.15. The molecule has 1 N–H and O–H groups in total. The predicted molar refractivity (Wildman–Crippen MR) is 73.6 cm³/mol. The van der Waals surface area contributed by atoms with Gasteiger partial charge in [0, 0.05) is 11.7 Å². The number of halogens is 1. The molecular formula is C14H18BrNO. The van der Waals surface area contributed by atoms with Gasteiger partial charge in [-0.25, -0.2) is 0 Å². The van der Waals surface area contributed by atoms with Crippen LogP contribution in [0.5, 0.6) is 5.75 Å². The van der Waals surface area contributed by atoms with Crippen molar-refractivity contribution in [3.05, 3.63) is 22.7 Å². The molecule has 0 aliphatic heterocycles. The van der Waals surface area contributed by atoms with Crippen molar-refractivity contribution in [3.63, 3.8) is 0 Å². The quantitative estimate of drug-likeness (QED) is 0.908. The summed E-state index contributed by atoms with van der Waals surface area (Å²) in [6, 6.07) is 6.93. The Balaban J connectivity index is 1.71. The molecule has 1 aromatic carbocycles. The smallest absolute Gasteiger partial charge is 0.133 e. The second-order valence-electron chi connectivity index (χ2n) is 5.28. The maximum absolute atomic E-state index is 5.24. The summed E-state index contributed by atoms with van der Waals surface area (Å²) in [5.74, 6) is 2.78. The lowest BCUT2D eigenvalue weighted by Gasteiger charge is -2.24. The summed E-state index contributed by atoms with van der Waals surface area (Å²) in [6.07, 6.45) is 5.66. The second kappa shape index (κ2) is 4.52. The lowest BCUT2D eigenvalue weighted by Crippen LogP contribution is -2.25. The third kappa shape index (κ3) is 2.17. The van der Waals surface area contributed by atoms with E-state index in [1.54, 1.807) is 7.11 Å². The molecule has 3 atom stereocenters. The van der Waals surface area contributed by atoms with Gasteiger partial charge in [0.2, 0.25) is 0 Å². The van der Waals surface area contributed by atoms with Gasteiger partial charge in [0.15, 0.2) is 0 Å². The predicted octanol–water partition coefficient (Wildman–Crippen LogP) is 4.06. The molecule has 0 heterocycles. The molecule has 2 aliphatic carbocycles. The molecule has 0 spiro atoms. The summed E-state index contributed by atoms with van der Waals surface area (Å²) in [7, 11) is 1.70. The van der Waals surface area contributed by atoms with E-state index in [0.29, 0.717) is 6.04 Å². The van der Waals surface area contributed by atoms with E-state index in [0.717, 1.165) is 22.1 Å². The number of hydrogen-bond donors (Lipinski definition) is 1. The van der Waals surface area contributed by atoms with Crippen molar-refractivity contribution in [1.82, 2.24) is 0 Å². The fraction of sp³-hybridized carbons (Fsp3) is 0.571. The Hall–Kier alpha value is -0.700. The Morgan fingerprint density at radius 2 is 2.18 bits per heavy atom. The van der Waals surface area contributed by atoms with Crippen LogP contribution >= 0.6 is 15.9 Å². The summed E-state index contributed by atoms with van der Waals surface area (Å²) >= 11 is 3.53. The van der Waals surface area contributed by atoms with Crippen LogP contribution in [0.15, 0.2) is 22.7 Å². The molecule has 2 fully saturated rings. The Bertz CT molecular complexity index is 421. The number of anilines is 1. The summed E-state index contributed by atoms with van der Waals surface area (Å²) in [4.78, 5) is 0. The third-order valence-corrected chi connectivity index (χ3v) is 4.86. The van der Waals surface area contributed by atoms with Gasteiger partial charge in [-0.15, -0.1) is 0 Å². The van der Waals surface area contributed by atoms with Gasteiger partial charge < -0.3 is 10.1 Å². The standard InChI is InChI=1S/C14H18BrNO/c1-17-14-5-4-11(8-12(14)15)16-13-7-9-2-3-10(13)6-9/h4-5,8-10,13,16H,2-3,6-7H2,1H3. The topological polar surface area (TPSA) is 21.3 Å². The van der Waals surface area contributed by atoms with Crippen molar-refractivity contribution in [2.45, 2.75) is 31.7 Å². The SMILES string of the molecule is COc1ccc(NC2CC3CCC2C3)cc1Br. The van der Waals surface area contributed by atoms with Crippen molar-refractivity contribution >= 4 is 21.6 Å². The molecule has 2 saturated carbocycles. The van der Waals surface area contributed by atoms with Crippen molar-refractivity contribution in [2.75, 3.05) is 12.4 Å². The Labute approximate surface area is 111 Å². The number of nitrogens with one attached hydrogen (secondary N) is 1. The van der Waals surface area contributed by atoms with E-state index in [1.807, 2.05) is 6.07 Å². The van der Waals surface area contributed by atoms with Crippen LogP contribution in [0, 0.1) is 11.8 Å². The molecule has 0 amide bonds. The molecule has 2 nitrogen and oxygen atoms in total. The van der Waals surface area contributed by atoms with Gasteiger partial charge in [-0.1, -0.05) is 6.42 Å². The molecule has 3 unspecified atom stereocenters. The molecule has 0 aromatic heterocycles. The van der Waals surface area contributed by atoms with E-state index in [4.69, 9.17) is 4.74 Å². The highest BCUT2D eigenvalue weighted by atomic mass is 79.9. The average Bonchev–Trinajstić information content (AvgIpc) is 2.91. The fourth-order valence-electron chi connectivity index (χ4n) is 3.39. The third-order valence-electron chi connectivity index (χ3n) is 4.24. The van der Waals surface area contributed by atoms with E-state index in [2.05, 4.69) is 33.4 Å². The van der Waals surface area contributed by atoms with Gasteiger partial charge in [0.1, 0.15) is 5.75 Å². The van der Waals surface area contributed by atoms with Crippen LogP contribution in [0.1, 0.15) is 25.7 Å². The molecule has 92 valence electrons. The van der Waals surface area contributed by atoms with Crippen molar-refractivity contribution in [2.24, 2.45) is 11.8 Å². The molecule has 2 aliphatic rings. The molecule has 0 radical (unpaired) electrons. The van der Waals surface area contributed by atoms with Gasteiger partial charge in [-0.2, -0.15) is 0 Å². The van der Waals surface area contributed by atoms with Crippen LogP contribution in [0.3, 0.4) is 0 Å². The largest absolute Gasteiger partial charge is 0.496 e. The minimum atomic E-state index is 0.689. The fourth-order valence-corrected chi connectivity index (χ4v) is 3.93. The molecule has 17 heavy (non-hydrogen) atoms. The number of ether oxygens (including phenoxy) is 1. The highest BCUT2D eigenvalue weighted by Gasteiger charge is 2.39. The molecule has 2 bridgehead atoms. The average molecular weight is 296 g/mol. The first-order valence-electron chi connectivity index (χ1n) is 6.36. The maximum Gasteiger partial charge on any atom is 0.133 e. The van der Waals surface area contributed by atoms with Gasteiger partial charge in [-0.3, -0.25) is 0 Å². The number of hydrogen-bond acceptors (Lipinski definition) is 2. The van der Waals surface area contributed by atoms with Gasteiger partial charge in [0.25, 0.3) is 0 Å². The van der Waals surface area contributed by atoms with Crippen LogP contribution in [-0.2, 0) is 0 Å². The van der Waals surface area contributed by atoms with E-state index in [9.17, 15) is 0 Å². The van der Waals surface area contributed by atoms with Crippen LogP contribution in [0.4, 0.5) is 5.69 Å². The summed E-state index contributed by atoms with van der Waals surface area (Å²) in [5, 5.41) is 3.68. The van der Waals surface area contributed by atoms with E-state index in [-0.39, 0.29) is 0 Å². The normalized spacial score (nSPS) is 30.6. The highest BCUT2D eigenvalue weighted by Crippen LogP contribution is 2.45. The lowest BCUT2D eigenvalue weighted by molar-refractivity contribution is 0.412. The van der Waals surface area contributed by atoms with Gasteiger partial charge in [-0.05, 0) is 65.2 Å². The zero-order valence-electron chi connectivity index (χ0n) is 10.1. The summed E-state index contributed by atoms with van der Waals surface area (Å²) in [5.41, 5.74) is 1.20. The van der Waals surface area contributed by atoms with Crippen LogP contribution in [0.2, 0.25) is 0 Å². The number of fused-ring (bicyclic) bond motifs is 2. The van der Waals surface area contributed by atoms with E-state index < -0.39 is 0 Å². The van der Waals surface area contributed by atoms with Crippen molar-refractivity contribution in [1.29, 1.82) is 0 Å². The minimum Gasteiger partial charge on any atom is -0.496 e. The zero-order valence-corrected chi connectivity index (χ0v) is 11.7. The second-order valence-corrected chi connectivity index (χ2v) is 6.13. The lowest BCUT2D eigenvalue weighted by atomic mass is 9.95. The van der Waals surface area contributed by atoms with E-state index in [1.165, 1.54) is 31.4 Å². The van der Waals surface area contributed by atoms with Crippen LogP contribution < -0.4 is 10.1 Å². The van der Waals surface area contributed by atoms with Crippen molar-refractivity contribution in [3.8, 4) is 5.75 Å². The zero-order chi connectivity index (χ0) is 11.8. The van der Waals surface area contributed by atoms with Gasteiger partial charge in [0.05, 0.1) is 11.6 Å². The number of methoxy groups -OCH3 is 1. The van der Waals surface area contributed by atoms with Crippen LogP contribution in [0.25, 0.3) is 0 Å². The molecule has 3 heteroatoms. The first kappa shape index (κ1) is 11.4. The Morgan fingerprint density at radius 3 is 2.76 bits per heavy atom.